The number of esters is 2. The van der Waals surface area contributed by atoms with E-state index in [9.17, 15) is 29.4 Å². The van der Waals surface area contributed by atoms with E-state index in [1.807, 2.05) is 41.5 Å². The lowest BCUT2D eigenvalue weighted by atomic mass is 9.85. The second kappa shape index (κ2) is 14.7. The molecule has 4 aliphatic carbocycles. The number of ether oxygens (including phenoxy) is 1. The number of fused-ring (bicyclic) bond motifs is 4. The molecule has 6 unspecified atom stereocenters. The normalized spacial score (nSPS) is 27.5. The van der Waals surface area contributed by atoms with Crippen LogP contribution in [0, 0.1) is 23.7 Å². The molecule has 2 fully saturated rings. The van der Waals surface area contributed by atoms with E-state index in [2.05, 4.69) is 0 Å². The first-order chi connectivity index (χ1) is 21.5. The van der Waals surface area contributed by atoms with Crippen LogP contribution in [0.4, 0.5) is 0 Å². The van der Waals surface area contributed by atoms with Gasteiger partial charge < -0.3 is 41.5 Å². The van der Waals surface area contributed by atoms with Crippen LogP contribution in [0.3, 0.4) is 0 Å². The number of hydrogen-bond donors (Lipinski definition) is 2. The maximum Gasteiger partial charge on any atom is 0.504 e. The maximum atomic E-state index is 13.5. The molecule has 4 aliphatic rings. The number of carbonyl (C=O) groups excluding carboxylic acids is 2. The number of rotatable bonds is 18. The molecule has 4 rings (SSSR count). The molecule has 4 bridgehead atoms. The highest BCUT2D eigenvalue weighted by atomic mass is 28.4. The largest absolute Gasteiger partial charge is 0.504 e. The van der Waals surface area contributed by atoms with E-state index in [0.29, 0.717) is 76.5 Å². The van der Waals surface area contributed by atoms with Gasteiger partial charge in [-0.2, -0.15) is 0 Å². The summed E-state index contributed by atoms with van der Waals surface area (Å²) in [5, 5.41) is 20.5. The molecule has 15 heteroatoms. The van der Waals surface area contributed by atoms with Gasteiger partial charge in [0.2, 0.25) is 0 Å². The van der Waals surface area contributed by atoms with Gasteiger partial charge in [0.1, 0.15) is 0 Å². The molecule has 0 aliphatic heterocycles. The molecule has 13 nitrogen and oxygen atoms in total. The van der Waals surface area contributed by atoms with Crippen LogP contribution >= 0.6 is 0 Å². The van der Waals surface area contributed by atoms with Gasteiger partial charge in [-0.1, -0.05) is 11.1 Å². The highest BCUT2D eigenvalue weighted by molar-refractivity contribution is 6.63. The second-order valence-electron chi connectivity index (χ2n) is 11.5. The van der Waals surface area contributed by atoms with Gasteiger partial charge >= 0.3 is 41.5 Å². The van der Waals surface area contributed by atoms with Crippen molar-refractivity contribution < 1.29 is 60.7 Å². The van der Waals surface area contributed by atoms with Crippen molar-refractivity contribution in [3.8, 4) is 0 Å². The number of aliphatic carboxylic acids is 2. The predicted octanol–water partition coefficient (Wildman–Crippen LogP) is 3.74. The Hall–Kier alpha value is -2.25. The monoisotopic (exact) mass is 670 g/mol. The average Bonchev–Trinajstić information content (AvgIpc) is 3.77. The summed E-state index contributed by atoms with van der Waals surface area (Å²) in [6.45, 7) is 12.9. The summed E-state index contributed by atoms with van der Waals surface area (Å²) >= 11 is 0. The second-order valence-corrected chi connectivity index (χ2v) is 17.1. The van der Waals surface area contributed by atoms with Crippen LogP contribution in [-0.4, -0.2) is 91.3 Å². The molecule has 0 aromatic rings. The number of allylic oxidation sites excluding steroid dienone is 2. The van der Waals surface area contributed by atoms with Crippen LogP contribution in [0.1, 0.15) is 67.2 Å². The minimum absolute atomic E-state index is 0.0570. The molecule has 0 spiro atoms. The Labute approximate surface area is 265 Å². The summed E-state index contributed by atoms with van der Waals surface area (Å²) < 4.78 is 41.7. The van der Waals surface area contributed by atoms with Crippen LogP contribution in [0.5, 0.6) is 0 Å². The zero-order valence-corrected chi connectivity index (χ0v) is 28.9. The van der Waals surface area contributed by atoms with Gasteiger partial charge in [-0.15, -0.1) is 0 Å². The molecule has 0 radical (unpaired) electrons. The molecule has 252 valence electrons. The highest BCUT2D eigenvalue weighted by Crippen LogP contribution is 2.60. The van der Waals surface area contributed by atoms with Crippen molar-refractivity contribution in [1.29, 1.82) is 0 Å². The quantitative estimate of drug-likeness (QED) is 0.123. The van der Waals surface area contributed by atoms with Crippen LogP contribution in [0.25, 0.3) is 0 Å². The lowest BCUT2D eigenvalue weighted by Gasteiger charge is -2.39. The molecular weight excluding hydrogens is 624 g/mol. The van der Waals surface area contributed by atoms with E-state index >= 15 is 0 Å². The molecular formula is C30H46O13Si2. The fourth-order valence-electron chi connectivity index (χ4n) is 8.09. The van der Waals surface area contributed by atoms with E-state index in [-0.39, 0.29) is 22.2 Å². The Kier molecular flexibility index (Phi) is 11.6. The Morgan fingerprint density at radius 3 is 1.09 bits per heavy atom. The number of carboxylic acids is 2. The van der Waals surface area contributed by atoms with Gasteiger partial charge in [0.25, 0.3) is 0 Å². The summed E-state index contributed by atoms with van der Waals surface area (Å²) in [6, 6.07) is 0. The Balaban J connectivity index is 1.61. The summed E-state index contributed by atoms with van der Waals surface area (Å²) in [5.74, 6) is -8.09. The minimum Gasteiger partial charge on any atom is -0.481 e. The van der Waals surface area contributed by atoms with Crippen molar-refractivity contribution in [2.75, 3.05) is 39.6 Å². The van der Waals surface area contributed by atoms with E-state index in [0.717, 1.165) is 0 Å². The third-order valence-electron chi connectivity index (χ3n) is 9.31. The Morgan fingerprint density at radius 2 is 0.844 bits per heavy atom. The van der Waals surface area contributed by atoms with Crippen LogP contribution < -0.4 is 0 Å². The Bertz CT molecular complexity index is 1100. The third kappa shape index (κ3) is 6.37. The SMILES string of the molecule is CCO[Si](OCC)(OCC)C1CC2=C(C(=O)OC(=O)C3=C4CC(C3C(=O)O)C([Si](OCC)(OCC)OCC)C4)C(C(=O)O)C1C2. The van der Waals surface area contributed by atoms with E-state index < -0.39 is 65.2 Å². The molecule has 0 heterocycles. The third-order valence-corrected chi connectivity index (χ3v) is 16.5. The van der Waals surface area contributed by atoms with Crippen molar-refractivity contribution in [3.05, 3.63) is 22.3 Å². The highest BCUT2D eigenvalue weighted by Gasteiger charge is 2.64. The number of carboxylic acid groups (broad SMARTS) is 2. The maximum absolute atomic E-state index is 13.5. The zero-order chi connectivity index (χ0) is 33.1. The van der Waals surface area contributed by atoms with Gasteiger partial charge in [0.15, 0.2) is 0 Å². The van der Waals surface area contributed by atoms with Crippen molar-refractivity contribution in [2.45, 2.75) is 78.3 Å². The molecule has 0 amide bonds. The lowest BCUT2D eigenvalue weighted by molar-refractivity contribution is -0.158. The molecule has 2 saturated carbocycles. The van der Waals surface area contributed by atoms with Crippen molar-refractivity contribution in [3.63, 3.8) is 0 Å². The minimum atomic E-state index is -3.31. The topological polar surface area (TPSA) is 173 Å². The summed E-state index contributed by atoms with van der Waals surface area (Å²) in [7, 11) is -6.62. The molecule has 45 heavy (non-hydrogen) atoms. The summed E-state index contributed by atoms with van der Waals surface area (Å²) in [4.78, 5) is 52.2. The average molecular weight is 671 g/mol. The van der Waals surface area contributed by atoms with E-state index in [4.69, 9.17) is 31.3 Å². The molecule has 6 atom stereocenters. The van der Waals surface area contributed by atoms with E-state index in [1.54, 1.807) is 0 Å². The molecule has 2 N–H and O–H groups in total. The van der Waals surface area contributed by atoms with Gasteiger partial charge in [0.05, 0.1) is 23.0 Å². The molecule has 0 saturated heterocycles. The summed E-state index contributed by atoms with van der Waals surface area (Å²) in [6.07, 6.45) is 1.29. The molecule has 0 aromatic carbocycles. The van der Waals surface area contributed by atoms with Gasteiger partial charge in [0, 0.05) is 50.7 Å². The van der Waals surface area contributed by atoms with E-state index in [1.165, 1.54) is 0 Å². The lowest BCUT2D eigenvalue weighted by Crippen LogP contribution is -2.53. The van der Waals surface area contributed by atoms with Crippen molar-refractivity contribution in [2.24, 2.45) is 23.7 Å². The van der Waals surface area contributed by atoms with Crippen LogP contribution in [0.2, 0.25) is 11.1 Å². The smallest absolute Gasteiger partial charge is 0.481 e. The van der Waals surface area contributed by atoms with Gasteiger partial charge in [-0.25, -0.2) is 9.59 Å². The predicted molar refractivity (Wildman–Crippen MR) is 162 cm³/mol. The van der Waals surface area contributed by atoms with Crippen molar-refractivity contribution >= 4 is 41.5 Å². The standard InChI is InChI=1S/C30H46O13Si2/c1-7-37-44(38-8-2,39-9-3)21-15-17-13-19(21)25(27(31)32)23(17)29(35)43-30(36)24-18-14-20(26(24)28(33)34)22(16-18)45(40-10-4,41-11-5)42-12-6/h19-22,25-26H,7-16H2,1-6H3,(H,31,32)(H,33,34). The van der Waals surface area contributed by atoms with Crippen LogP contribution in [0.15, 0.2) is 22.3 Å². The Morgan fingerprint density at radius 1 is 0.556 bits per heavy atom. The van der Waals surface area contributed by atoms with Crippen molar-refractivity contribution in [1.82, 2.24) is 0 Å². The fraction of sp³-hybridized carbons (Fsp3) is 0.733. The van der Waals surface area contributed by atoms with Crippen LogP contribution in [-0.2, 0) is 50.5 Å². The first kappa shape index (κ1) is 35.6. The fourth-order valence-corrected chi connectivity index (χ4v) is 14.9. The first-order valence-corrected chi connectivity index (χ1v) is 19.6. The number of hydrogen-bond acceptors (Lipinski definition) is 11. The summed E-state index contributed by atoms with van der Waals surface area (Å²) in [5.41, 5.74) is 0.307. The van der Waals surface area contributed by atoms with Gasteiger partial charge in [-0.3, -0.25) is 9.59 Å². The van der Waals surface area contributed by atoms with Gasteiger partial charge in [-0.05, 0) is 79.1 Å². The molecule has 0 aromatic heterocycles. The number of carbonyl (C=O) groups is 4. The zero-order valence-electron chi connectivity index (χ0n) is 26.9. The first-order valence-electron chi connectivity index (χ1n) is 16.0.